The van der Waals surface area contributed by atoms with Crippen molar-refractivity contribution in [2.75, 3.05) is 7.11 Å². The fraction of sp³-hybridized carbons (Fsp3) is 0.0870. The molecule has 3 heterocycles. The lowest BCUT2D eigenvalue weighted by atomic mass is 10.1. The van der Waals surface area contributed by atoms with Crippen LogP contribution in [0.3, 0.4) is 0 Å². The topological polar surface area (TPSA) is 61.4 Å². The van der Waals surface area contributed by atoms with E-state index in [4.69, 9.17) is 16.3 Å². The molecule has 0 unspecified atom stereocenters. The zero-order valence-electron chi connectivity index (χ0n) is 16.1. The van der Waals surface area contributed by atoms with Crippen molar-refractivity contribution in [3.8, 4) is 16.9 Å². The van der Waals surface area contributed by atoms with Gasteiger partial charge in [-0.1, -0.05) is 35.9 Å². The van der Waals surface area contributed by atoms with Crippen LogP contribution >= 0.6 is 11.6 Å². The average molecular weight is 417 g/mol. The Labute approximate surface area is 176 Å². The minimum absolute atomic E-state index is 0.110. The van der Waals surface area contributed by atoms with Crippen LogP contribution in [0.2, 0.25) is 5.02 Å². The Morgan fingerprint density at radius 1 is 1.00 bits per heavy atom. The van der Waals surface area contributed by atoms with E-state index in [1.54, 1.807) is 34.8 Å². The molecule has 0 spiro atoms. The number of benzene rings is 2. The number of hydrogen-bond acceptors (Lipinski definition) is 4. The number of nitrogens with zero attached hydrogens (tertiary/aromatic N) is 4. The summed E-state index contributed by atoms with van der Waals surface area (Å²) < 4.78 is 8.56. The smallest absolute Gasteiger partial charge is 0.261 e. The average Bonchev–Trinajstić information content (AvgIpc) is 3.21. The van der Waals surface area contributed by atoms with E-state index in [1.165, 1.54) is 0 Å². The molecule has 0 saturated heterocycles. The van der Waals surface area contributed by atoms with E-state index in [0.29, 0.717) is 22.6 Å². The lowest BCUT2D eigenvalue weighted by Gasteiger charge is -2.09. The fourth-order valence-corrected chi connectivity index (χ4v) is 3.67. The normalized spacial score (nSPS) is 11.3. The Hall–Kier alpha value is -3.64. The maximum atomic E-state index is 13.1. The summed E-state index contributed by atoms with van der Waals surface area (Å²) in [6, 6.07) is 17.1. The number of aromatic nitrogens is 4. The Balaban J connectivity index is 1.58. The highest BCUT2D eigenvalue weighted by Gasteiger charge is 2.13. The second-order valence-electron chi connectivity index (χ2n) is 6.95. The first-order valence-electron chi connectivity index (χ1n) is 9.39. The molecule has 7 heteroatoms. The molecular formula is C23H17ClN4O2. The molecule has 0 aliphatic rings. The lowest BCUT2D eigenvalue weighted by Crippen LogP contribution is -2.21. The van der Waals surface area contributed by atoms with Crippen LogP contribution in [0.15, 0.2) is 78.0 Å². The number of hydrogen-bond donors (Lipinski definition) is 0. The zero-order valence-corrected chi connectivity index (χ0v) is 16.9. The van der Waals surface area contributed by atoms with Crippen molar-refractivity contribution in [3.63, 3.8) is 0 Å². The third-order valence-electron chi connectivity index (χ3n) is 5.13. The minimum atomic E-state index is -0.110. The highest BCUT2D eigenvalue weighted by atomic mass is 35.5. The van der Waals surface area contributed by atoms with Crippen LogP contribution in [0.1, 0.15) is 5.56 Å². The van der Waals surface area contributed by atoms with E-state index < -0.39 is 0 Å². The number of halogens is 1. The number of methoxy groups -OCH3 is 1. The first kappa shape index (κ1) is 18.4. The first-order valence-corrected chi connectivity index (χ1v) is 9.76. The van der Waals surface area contributed by atoms with Crippen LogP contribution < -0.4 is 10.3 Å². The van der Waals surface area contributed by atoms with Crippen molar-refractivity contribution >= 4 is 28.2 Å². The van der Waals surface area contributed by atoms with Gasteiger partial charge in [0.2, 0.25) is 0 Å². The largest absolute Gasteiger partial charge is 0.497 e. The predicted molar refractivity (Wildman–Crippen MR) is 117 cm³/mol. The molecule has 3 aromatic heterocycles. The molecule has 6 nitrogen and oxygen atoms in total. The van der Waals surface area contributed by atoms with Gasteiger partial charge in [-0.3, -0.25) is 4.79 Å². The van der Waals surface area contributed by atoms with Crippen LogP contribution in [0.5, 0.6) is 5.75 Å². The Kier molecular flexibility index (Phi) is 4.48. The lowest BCUT2D eigenvalue weighted by molar-refractivity contribution is 0.414. The summed E-state index contributed by atoms with van der Waals surface area (Å²) in [6.07, 6.45) is 5.17. The van der Waals surface area contributed by atoms with Gasteiger partial charge in [-0.15, -0.1) is 0 Å². The van der Waals surface area contributed by atoms with Gasteiger partial charge in [-0.25, -0.2) is 9.50 Å². The summed E-state index contributed by atoms with van der Waals surface area (Å²) in [5.41, 5.74) is 4.16. The minimum Gasteiger partial charge on any atom is -0.497 e. The summed E-state index contributed by atoms with van der Waals surface area (Å²) in [7, 11) is 1.63. The van der Waals surface area contributed by atoms with E-state index in [9.17, 15) is 4.79 Å². The molecule has 0 amide bonds. The van der Waals surface area contributed by atoms with Crippen molar-refractivity contribution < 1.29 is 4.74 Å². The van der Waals surface area contributed by atoms with Gasteiger partial charge in [0.05, 0.1) is 30.8 Å². The van der Waals surface area contributed by atoms with Crippen molar-refractivity contribution in [3.05, 3.63) is 94.1 Å². The molecule has 30 heavy (non-hydrogen) atoms. The van der Waals surface area contributed by atoms with Crippen LogP contribution in [-0.4, -0.2) is 26.3 Å². The fourth-order valence-electron chi connectivity index (χ4n) is 3.54. The molecule has 148 valence electrons. The standard InChI is InChI=1S/C23H17ClN4O2/c1-30-18-8-2-15(3-9-18)14-27-11-10-21-20(23(27)29)12-25-22-19(13-26-28(21)22)16-4-6-17(24)7-5-16/h2-13H,14H2,1H3. The molecular weight excluding hydrogens is 400 g/mol. The molecule has 0 bridgehead atoms. The van der Waals surface area contributed by atoms with Gasteiger partial charge in [0.25, 0.3) is 5.56 Å². The van der Waals surface area contributed by atoms with Crippen molar-refractivity contribution in [2.24, 2.45) is 0 Å². The summed E-state index contributed by atoms with van der Waals surface area (Å²) in [4.78, 5) is 17.6. The zero-order chi connectivity index (χ0) is 20.7. The van der Waals surface area contributed by atoms with Crippen molar-refractivity contribution in [2.45, 2.75) is 6.54 Å². The quantitative estimate of drug-likeness (QED) is 0.435. The van der Waals surface area contributed by atoms with E-state index in [-0.39, 0.29) is 5.56 Å². The number of pyridine rings is 1. The summed E-state index contributed by atoms with van der Waals surface area (Å²) in [5, 5.41) is 5.67. The summed E-state index contributed by atoms with van der Waals surface area (Å²) >= 11 is 6.00. The Bertz CT molecular complexity index is 1420. The van der Waals surface area contributed by atoms with Crippen LogP contribution in [-0.2, 0) is 6.54 Å². The third kappa shape index (κ3) is 3.11. The maximum Gasteiger partial charge on any atom is 0.261 e. The van der Waals surface area contributed by atoms with Gasteiger partial charge in [-0.2, -0.15) is 5.10 Å². The van der Waals surface area contributed by atoms with Crippen molar-refractivity contribution in [1.29, 1.82) is 0 Å². The monoisotopic (exact) mass is 416 g/mol. The Morgan fingerprint density at radius 2 is 1.77 bits per heavy atom. The van der Waals surface area contributed by atoms with Gasteiger partial charge >= 0.3 is 0 Å². The SMILES string of the molecule is COc1ccc(Cn2ccc3c(cnc4c(-c5ccc(Cl)cc5)cnn43)c2=O)cc1. The predicted octanol–water partition coefficient (Wildman–Crippen LogP) is 4.42. The first-order chi connectivity index (χ1) is 14.6. The van der Waals surface area contributed by atoms with Crippen molar-refractivity contribution in [1.82, 2.24) is 19.2 Å². The number of rotatable bonds is 4. The molecule has 0 N–H and O–H groups in total. The summed E-state index contributed by atoms with van der Waals surface area (Å²) in [5.74, 6) is 0.784. The highest BCUT2D eigenvalue weighted by molar-refractivity contribution is 6.30. The van der Waals surface area contributed by atoms with E-state index in [0.717, 1.165) is 28.0 Å². The molecule has 0 atom stereocenters. The second kappa shape index (κ2) is 7.31. The molecule has 0 radical (unpaired) electrons. The molecule has 2 aromatic carbocycles. The van der Waals surface area contributed by atoms with E-state index >= 15 is 0 Å². The highest BCUT2D eigenvalue weighted by Crippen LogP contribution is 2.26. The van der Waals surface area contributed by atoms with Gasteiger partial charge < -0.3 is 9.30 Å². The third-order valence-corrected chi connectivity index (χ3v) is 5.39. The van der Waals surface area contributed by atoms with E-state index in [1.807, 2.05) is 54.6 Å². The van der Waals surface area contributed by atoms with Crippen LogP contribution in [0.4, 0.5) is 0 Å². The molecule has 0 aliphatic heterocycles. The van der Waals surface area contributed by atoms with Crippen LogP contribution in [0, 0.1) is 0 Å². The maximum absolute atomic E-state index is 13.1. The van der Waals surface area contributed by atoms with Gasteiger partial charge in [0.15, 0.2) is 5.65 Å². The summed E-state index contributed by atoms with van der Waals surface area (Å²) in [6.45, 7) is 0.464. The molecule has 5 rings (SSSR count). The van der Waals surface area contributed by atoms with Gasteiger partial charge in [-0.05, 0) is 41.5 Å². The van der Waals surface area contributed by atoms with Crippen LogP contribution in [0.25, 0.3) is 27.7 Å². The number of fused-ring (bicyclic) bond motifs is 3. The molecule has 0 saturated carbocycles. The second-order valence-corrected chi connectivity index (χ2v) is 7.39. The Morgan fingerprint density at radius 3 is 2.50 bits per heavy atom. The van der Waals surface area contributed by atoms with E-state index in [2.05, 4.69) is 10.1 Å². The molecule has 5 aromatic rings. The van der Waals surface area contributed by atoms with Gasteiger partial charge in [0.1, 0.15) is 5.75 Å². The molecule has 0 aliphatic carbocycles. The van der Waals surface area contributed by atoms with Gasteiger partial charge in [0, 0.05) is 23.0 Å². The molecule has 0 fully saturated rings. The number of ether oxygens (including phenoxy) is 1.